The van der Waals surface area contributed by atoms with Crippen molar-refractivity contribution in [3.8, 4) is 0 Å². The molecule has 0 spiro atoms. The van der Waals surface area contributed by atoms with Crippen LogP contribution < -0.4 is 0 Å². The molecule has 1 atom stereocenters. The Kier molecular flexibility index (Phi) is 1.60. The second kappa shape index (κ2) is 2.05. The minimum atomic E-state index is 0.208. The summed E-state index contributed by atoms with van der Waals surface area (Å²) >= 11 is 7.29. The first kappa shape index (κ1) is 5.45. The van der Waals surface area contributed by atoms with E-state index >= 15 is 0 Å². The average molecular weight is 136 g/mol. The lowest BCUT2D eigenvalue weighted by molar-refractivity contribution is 1.12. The van der Waals surface area contributed by atoms with Crippen LogP contribution >= 0.6 is 23.4 Å². The number of hydrogen-bond acceptors (Lipinski definition) is 2. The van der Waals surface area contributed by atoms with Crippen molar-refractivity contribution in [2.75, 3.05) is 6.54 Å². The number of aliphatic imine (C=N–C) groups is 1. The smallest absolute Gasteiger partial charge is 0.104 e. The molecule has 0 aliphatic carbocycles. The molecule has 0 saturated carbocycles. The second-order valence-electron chi connectivity index (χ2n) is 1.39. The van der Waals surface area contributed by atoms with E-state index in [-0.39, 0.29) is 4.71 Å². The molecular weight excluding hydrogens is 130 g/mol. The van der Waals surface area contributed by atoms with Crippen LogP contribution in [0.1, 0.15) is 6.92 Å². The van der Waals surface area contributed by atoms with E-state index in [9.17, 15) is 0 Å². The van der Waals surface area contributed by atoms with E-state index in [4.69, 9.17) is 11.6 Å². The van der Waals surface area contributed by atoms with E-state index in [1.165, 1.54) is 0 Å². The standard InChI is InChI=1S/C4H6ClNS/c1-3-6-2-4(5)7-3/h4H,2H2,1H3. The molecule has 1 heterocycles. The molecule has 7 heavy (non-hydrogen) atoms. The first-order valence-corrected chi connectivity index (χ1v) is 3.42. The molecular formula is C4H6ClNS. The first-order valence-electron chi connectivity index (χ1n) is 2.11. The summed E-state index contributed by atoms with van der Waals surface area (Å²) in [5, 5.41) is 1.11. The van der Waals surface area contributed by atoms with Crippen molar-refractivity contribution in [3.05, 3.63) is 0 Å². The van der Waals surface area contributed by atoms with Crippen LogP contribution in [-0.4, -0.2) is 16.3 Å². The first-order chi connectivity index (χ1) is 3.29. The van der Waals surface area contributed by atoms with Crippen LogP contribution in [0.25, 0.3) is 0 Å². The molecule has 1 nitrogen and oxygen atoms in total. The number of nitrogens with zero attached hydrogens (tertiary/aromatic N) is 1. The molecule has 0 radical (unpaired) electrons. The molecule has 0 amide bonds. The van der Waals surface area contributed by atoms with Gasteiger partial charge in [0.1, 0.15) is 4.71 Å². The van der Waals surface area contributed by atoms with Crippen LogP contribution in [0.2, 0.25) is 0 Å². The highest BCUT2D eigenvalue weighted by molar-refractivity contribution is 8.15. The Morgan fingerprint density at radius 2 is 2.71 bits per heavy atom. The quantitative estimate of drug-likeness (QED) is 0.461. The van der Waals surface area contributed by atoms with Crippen LogP contribution in [0, 0.1) is 0 Å². The van der Waals surface area contributed by atoms with Gasteiger partial charge in [-0.2, -0.15) is 0 Å². The van der Waals surface area contributed by atoms with Gasteiger partial charge in [-0.3, -0.25) is 4.99 Å². The van der Waals surface area contributed by atoms with E-state index in [0.717, 1.165) is 11.6 Å². The molecule has 1 aliphatic heterocycles. The second-order valence-corrected chi connectivity index (χ2v) is 3.57. The van der Waals surface area contributed by atoms with Gasteiger partial charge in [-0.05, 0) is 6.92 Å². The summed E-state index contributed by atoms with van der Waals surface area (Å²) in [6.07, 6.45) is 0. The van der Waals surface area contributed by atoms with Gasteiger partial charge in [0.25, 0.3) is 0 Å². The van der Waals surface area contributed by atoms with Crippen molar-refractivity contribution in [3.63, 3.8) is 0 Å². The normalized spacial score (nSPS) is 30.6. The van der Waals surface area contributed by atoms with Crippen molar-refractivity contribution in [2.24, 2.45) is 4.99 Å². The third-order valence-electron chi connectivity index (χ3n) is 0.756. The van der Waals surface area contributed by atoms with E-state index in [2.05, 4.69) is 4.99 Å². The summed E-state index contributed by atoms with van der Waals surface area (Å²) in [4.78, 5) is 4.06. The van der Waals surface area contributed by atoms with Gasteiger partial charge >= 0.3 is 0 Å². The molecule has 3 heteroatoms. The average Bonchev–Trinajstić information content (AvgIpc) is 1.87. The van der Waals surface area contributed by atoms with Crippen molar-refractivity contribution < 1.29 is 0 Å². The molecule has 0 aromatic carbocycles. The number of halogens is 1. The molecule has 0 N–H and O–H groups in total. The summed E-state index contributed by atoms with van der Waals surface area (Å²) in [5.74, 6) is 0. The van der Waals surface area contributed by atoms with E-state index in [0.29, 0.717) is 0 Å². The highest BCUT2D eigenvalue weighted by atomic mass is 35.5. The van der Waals surface area contributed by atoms with E-state index in [1.807, 2.05) is 6.92 Å². The van der Waals surface area contributed by atoms with E-state index < -0.39 is 0 Å². The van der Waals surface area contributed by atoms with Gasteiger partial charge in [0.05, 0.1) is 11.6 Å². The Bertz CT molecular complexity index is 102. The predicted molar refractivity (Wildman–Crippen MR) is 35.2 cm³/mol. The summed E-state index contributed by atoms with van der Waals surface area (Å²) in [7, 11) is 0. The number of alkyl halides is 1. The molecule has 1 unspecified atom stereocenters. The number of rotatable bonds is 0. The number of hydrogen-bond donors (Lipinski definition) is 0. The van der Waals surface area contributed by atoms with Gasteiger partial charge in [0.2, 0.25) is 0 Å². The molecule has 0 aromatic rings. The van der Waals surface area contributed by atoms with Crippen LogP contribution in [0.15, 0.2) is 4.99 Å². The van der Waals surface area contributed by atoms with Crippen LogP contribution in [0.3, 0.4) is 0 Å². The van der Waals surface area contributed by atoms with Gasteiger partial charge in [-0.25, -0.2) is 0 Å². The van der Waals surface area contributed by atoms with Gasteiger partial charge < -0.3 is 0 Å². The number of thioether (sulfide) groups is 1. The zero-order valence-corrected chi connectivity index (χ0v) is 5.59. The summed E-state index contributed by atoms with van der Waals surface area (Å²) < 4.78 is 0.208. The Hall–Kier alpha value is 0.310. The topological polar surface area (TPSA) is 12.4 Å². The SMILES string of the molecule is CC1=NCC(Cl)S1. The lowest BCUT2D eigenvalue weighted by atomic mass is 10.7. The lowest BCUT2D eigenvalue weighted by Gasteiger charge is -1.89. The summed E-state index contributed by atoms with van der Waals surface area (Å²) in [6, 6.07) is 0. The fraction of sp³-hybridized carbons (Fsp3) is 0.750. The fourth-order valence-electron chi connectivity index (χ4n) is 0.460. The maximum atomic E-state index is 5.66. The molecule has 1 aliphatic rings. The van der Waals surface area contributed by atoms with Gasteiger partial charge in [-0.15, -0.1) is 11.6 Å². The zero-order chi connectivity index (χ0) is 5.28. The van der Waals surface area contributed by atoms with Crippen molar-refractivity contribution in [2.45, 2.75) is 11.6 Å². The summed E-state index contributed by atoms with van der Waals surface area (Å²) in [5.41, 5.74) is 0. The zero-order valence-electron chi connectivity index (χ0n) is 4.02. The van der Waals surface area contributed by atoms with Gasteiger partial charge in [0.15, 0.2) is 0 Å². The Labute approximate surface area is 52.1 Å². The Morgan fingerprint density at radius 1 is 2.00 bits per heavy atom. The van der Waals surface area contributed by atoms with Crippen LogP contribution in [-0.2, 0) is 0 Å². The van der Waals surface area contributed by atoms with Gasteiger partial charge in [0, 0.05) is 0 Å². The van der Waals surface area contributed by atoms with Crippen molar-refractivity contribution in [1.82, 2.24) is 0 Å². The minimum Gasteiger partial charge on any atom is -0.281 e. The third kappa shape index (κ3) is 1.35. The highest BCUT2D eigenvalue weighted by Gasteiger charge is 2.11. The van der Waals surface area contributed by atoms with Gasteiger partial charge in [-0.1, -0.05) is 11.8 Å². The minimum absolute atomic E-state index is 0.208. The molecule has 0 saturated heterocycles. The largest absolute Gasteiger partial charge is 0.281 e. The Balaban J connectivity index is 2.42. The molecule has 0 bridgehead atoms. The molecule has 40 valence electrons. The maximum absolute atomic E-state index is 5.66. The Morgan fingerprint density at radius 3 is 2.86 bits per heavy atom. The molecule has 0 fully saturated rings. The third-order valence-corrected chi connectivity index (χ3v) is 2.04. The lowest BCUT2D eigenvalue weighted by Crippen LogP contribution is -1.87. The highest BCUT2D eigenvalue weighted by Crippen LogP contribution is 2.22. The van der Waals surface area contributed by atoms with Crippen molar-refractivity contribution >= 4 is 28.4 Å². The van der Waals surface area contributed by atoms with Crippen LogP contribution in [0.5, 0.6) is 0 Å². The molecule has 0 aromatic heterocycles. The van der Waals surface area contributed by atoms with E-state index in [1.54, 1.807) is 11.8 Å². The summed E-state index contributed by atoms with van der Waals surface area (Å²) in [6.45, 7) is 2.77. The maximum Gasteiger partial charge on any atom is 0.104 e. The molecule has 1 rings (SSSR count). The monoisotopic (exact) mass is 135 g/mol. The van der Waals surface area contributed by atoms with Crippen molar-refractivity contribution in [1.29, 1.82) is 0 Å². The fourth-order valence-corrected chi connectivity index (χ4v) is 1.58. The van der Waals surface area contributed by atoms with Crippen LogP contribution in [0.4, 0.5) is 0 Å². The predicted octanol–water partition coefficient (Wildman–Crippen LogP) is 1.72.